The van der Waals surface area contributed by atoms with Crippen molar-refractivity contribution in [1.82, 2.24) is 24.8 Å². The molecule has 1 aliphatic heterocycles. The van der Waals surface area contributed by atoms with Crippen molar-refractivity contribution in [3.05, 3.63) is 29.0 Å². The van der Waals surface area contributed by atoms with Crippen molar-refractivity contribution in [2.45, 2.75) is 44.9 Å². The maximum Gasteiger partial charge on any atom is 0.225 e. The van der Waals surface area contributed by atoms with Crippen molar-refractivity contribution in [3.63, 3.8) is 0 Å². The van der Waals surface area contributed by atoms with Crippen LogP contribution in [0.1, 0.15) is 42.5 Å². The number of carbonyl (C=O) groups excluding carboxylic acids is 1. The van der Waals surface area contributed by atoms with Gasteiger partial charge in [-0.2, -0.15) is 0 Å². The van der Waals surface area contributed by atoms with Gasteiger partial charge in [-0.05, 0) is 50.5 Å². The van der Waals surface area contributed by atoms with Crippen LogP contribution in [-0.4, -0.2) is 56.9 Å². The van der Waals surface area contributed by atoms with E-state index in [1.54, 1.807) is 18.6 Å². The summed E-state index contributed by atoms with van der Waals surface area (Å²) in [6.07, 6.45) is 12.9. The Kier molecular flexibility index (Phi) is 4.82. The number of thiophene rings is 1. The van der Waals surface area contributed by atoms with Gasteiger partial charge in [0.25, 0.3) is 0 Å². The van der Waals surface area contributed by atoms with Crippen molar-refractivity contribution in [2.75, 3.05) is 31.1 Å². The molecule has 0 atom stereocenters. The lowest BCUT2D eigenvalue weighted by Crippen LogP contribution is -2.36. The molecule has 160 valence electrons. The van der Waals surface area contributed by atoms with E-state index in [9.17, 15) is 4.79 Å². The third-order valence-corrected chi connectivity index (χ3v) is 7.81. The fraction of sp³-hybridized carbons (Fsp3) is 0.522. The summed E-state index contributed by atoms with van der Waals surface area (Å²) in [5.41, 5.74) is 2.15. The summed E-state index contributed by atoms with van der Waals surface area (Å²) < 4.78 is 0. The molecule has 8 heteroatoms. The van der Waals surface area contributed by atoms with E-state index in [1.807, 2.05) is 11.3 Å². The average Bonchev–Trinajstić information content (AvgIpc) is 3.62. The van der Waals surface area contributed by atoms with E-state index < -0.39 is 0 Å². The lowest BCUT2D eigenvalue weighted by molar-refractivity contribution is -0.132. The van der Waals surface area contributed by atoms with Gasteiger partial charge in [0.05, 0.1) is 11.6 Å². The largest absolute Gasteiger partial charge is 0.354 e. The third kappa shape index (κ3) is 3.56. The highest BCUT2D eigenvalue weighted by Crippen LogP contribution is 2.41. The van der Waals surface area contributed by atoms with Gasteiger partial charge in [-0.1, -0.05) is 0 Å². The summed E-state index contributed by atoms with van der Waals surface area (Å²) in [4.78, 5) is 38.2. The number of anilines is 1. The van der Waals surface area contributed by atoms with Crippen LogP contribution < -0.4 is 4.90 Å². The second kappa shape index (κ2) is 7.82. The zero-order valence-electron chi connectivity index (χ0n) is 17.6. The molecule has 0 bridgehead atoms. The fourth-order valence-corrected chi connectivity index (χ4v) is 6.09. The normalized spacial score (nSPS) is 19.4. The quantitative estimate of drug-likeness (QED) is 0.628. The molecule has 6 rings (SSSR count). The van der Waals surface area contributed by atoms with E-state index >= 15 is 0 Å². The van der Waals surface area contributed by atoms with Crippen LogP contribution in [0.5, 0.6) is 0 Å². The van der Waals surface area contributed by atoms with E-state index in [1.165, 1.54) is 28.7 Å². The molecule has 1 amide bonds. The molecule has 3 aliphatic rings. The fourth-order valence-electron chi connectivity index (χ4n) is 4.83. The molecular weight excluding hydrogens is 408 g/mol. The third-order valence-electron chi connectivity index (χ3n) is 6.62. The van der Waals surface area contributed by atoms with Gasteiger partial charge in [0, 0.05) is 49.4 Å². The number of aromatic nitrogens is 4. The van der Waals surface area contributed by atoms with Crippen molar-refractivity contribution < 1.29 is 4.79 Å². The molecule has 2 aliphatic carbocycles. The molecule has 3 aromatic rings. The van der Waals surface area contributed by atoms with Crippen molar-refractivity contribution in [1.29, 1.82) is 0 Å². The summed E-state index contributed by atoms with van der Waals surface area (Å²) in [6.45, 7) is 3.34. The summed E-state index contributed by atoms with van der Waals surface area (Å²) in [6, 6.07) is 0. The Hall–Kier alpha value is -2.61. The lowest BCUT2D eigenvalue weighted by Gasteiger charge is -2.24. The molecule has 4 heterocycles. The van der Waals surface area contributed by atoms with Gasteiger partial charge in [0.1, 0.15) is 16.3 Å². The van der Waals surface area contributed by atoms with E-state index in [2.05, 4.69) is 19.8 Å². The molecule has 3 aromatic heterocycles. The number of carbonyl (C=O) groups is 1. The second-order valence-electron chi connectivity index (χ2n) is 8.79. The maximum atomic E-state index is 12.6. The van der Waals surface area contributed by atoms with Crippen LogP contribution >= 0.6 is 11.3 Å². The van der Waals surface area contributed by atoms with E-state index in [-0.39, 0.29) is 5.92 Å². The van der Waals surface area contributed by atoms with Gasteiger partial charge in [-0.3, -0.25) is 9.78 Å². The lowest BCUT2D eigenvalue weighted by atomic mass is 9.97. The average molecular weight is 435 g/mol. The Morgan fingerprint density at radius 3 is 2.74 bits per heavy atom. The van der Waals surface area contributed by atoms with Crippen LogP contribution in [-0.2, 0) is 17.6 Å². The van der Waals surface area contributed by atoms with Gasteiger partial charge < -0.3 is 9.80 Å². The minimum absolute atomic E-state index is 0.282. The highest BCUT2D eigenvalue weighted by Gasteiger charge is 2.34. The Bertz CT molecular complexity index is 1130. The molecule has 0 spiro atoms. The first-order valence-corrected chi connectivity index (χ1v) is 12.2. The molecule has 0 aromatic carbocycles. The standard InChI is InChI=1S/C23H26N6OS/c30-23(15-6-7-15)29-11-3-10-28(12-13-29)21-19-16-4-1-2-5-18(16)31-22(19)27-20(26-21)17-14-24-8-9-25-17/h8-9,14-15H,1-7,10-13H2. The van der Waals surface area contributed by atoms with Crippen LogP contribution in [0.15, 0.2) is 18.6 Å². The SMILES string of the molecule is O=C(C1CC1)N1CCCN(c2nc(-c3cnccn3)nc3sc4c(c23)CCCC4)CC1. The number of hydrogen-bond acceptors (Lipinski definition) is 7. The Morgan fingerprint density at radius 2 is 1.90 bits per heavy atom. The van der Waals surface area contributed by atoms with Crippen LogP contribution in [0.4, 0.5) is 5.82 Å². The number of aryl methyl sites for hydroxylation is 2. The molecular formula is C23H26N6OS. The predicted molar refractivity (Wildman–Crippen MR) is 121 cm³/mol. The molecule has 1 saturated carbocycles. The highest BCUT2D eigenvalue weighted by molar-refractivity contribution is 7.19. The van der Waals surface area contributed by atoms with Crippen LogP contribution in [0.3, 0.4) is 0 Å². The highest BCUT2D eigenvalue weighted by atomic mass is 32.1. The first kappa shape index (κ1) is 19.1. The summed E-state index contributed by atoms with van der Waals surface area (Å²) >= 11 is 1.82. The smallest absolute Gasteiger partial charge is 0.225 e. The van der Waals surface area contributed by atoms with E-state index in [0.717, 1.165) is 68.9 Å². The summed E-state index contributed by atoms with van der Waals surface area (Å²) in [5.74, 6) is 2.29. The van der Waals surface area contributed by atoms with Crippen LogP contribution in [0.25, 0.3) is 21.7 Å². The summed E-state index contributed by atoms with van der Waals surface area (Å²) in [5, 5.41) is 1.23. The monoisotopic (exact) mass is 434 g/mol. The predicted octanol–water partition coefficient (Wildman–Crippen LogP) is 3.48. The molecule has 31 heavy (non-hydrogen) atoms. The minimum Gasteiger partial charge on any atom is -0.354 e. The van der Waals surface area contributed by atoms with Crippen molar-refractivity contribution in [2.24, 2.45) is 5.92 Å². The van der Waals surface area contributed by atoms with Gasteiger partial charge in [0.2, 0.25) is 5.91 Å². The Labute approximate surface area is 185 Å². The summed E-state index contributed by atoms with van der Waals surface area (Å²) in [7, 11) is 0. The van der Waals surface area contributed by atoms with Crippen molar-refractivity contribution in [3.8, 4) is 11.5 Å². The van der Waals surface area contributed by atoms with Crippen molar-refractivity contribution >= 4 is 33.3 Å². The minimum atomic E-state index is 0.282. The number of fused-ring (bicyclic) bond motifs is 3. The molecule has 2 fully saturated rings. The maximum absolute atomic E-state index is 12.6. The van der Waals surface area contributed by atoms with Crippen LogP contribution in [0, 0.1) is 5.92 Å². The molecule has 1 saturated heterocycles. The van der Waals surface area contributed by atoms with Gasteiger partial charge in [0.15, 0.2) is 5.82 Å². The number of nitrogens with zero attached hydrogens (tertiary/aromatic N) is 6. The topological polar surface area (TPSA) is 75.1 Å². The molecule has 0 radical (unpaired) electrons. The Morgan fingerprint density at radius 1 is 1.00 bits per heavy atom. The first-order valence-electron chi connectivity index (χ1n) is 11.4. The number of hydrogen-bond donors (Lipinski definition) is 0. The number of amides is 1. The van der Waals surface area contributed by atoms with E-state index in [4.69, 9.17) is 9.97 Å². The molecule has 7 nitrogen and oxygen atoms in total. The molecule has 0 unspecified atom stereocenters. The first-order chi connectivity index (χ1) is 15.3. The zero-order chi connectivity index (χ0) is 20.8. The van der Waals surface area contributed by atoms with Crippen LogP contribution in [0.2, 0.25) is 0 Å². The Balaban J connectivity index is 1.41. The molecule has 0 N–H and O–H groups in total. The van der Waals surface area contributed by atoms with Gasteiger partial charge >= 0.3 is 0 Å². The number of rotatable bonds is 3. The second-order valence-corrected chi connectivity index (χ2v) is 9.88. The van der Waals surface area contributed by atoms with E-state index in [0.29, 0.717) is 17.4 Å². The van der Waals surface area contributed by atoms with Gasteiger partial charge in [-0.25, -0.2) is 15.0 Å². The van der Waals surface area contributed by atoms with Gasteiger partial charge in [-0.15, -0.1) is 11.3 Å². The zero-order valence-corrected chi connectivity index (χ0v) is 18.4.